The van der Waals surface area contributed by atoms with Crippen LogP contribution in [0.2, 0.25) is 0 Å². The van der Waals surface area contributed by atoms with Gasteiger partial charge in [0.05, 0.1) is 5.41 Å². The van der Waals surface area contributed by atoms with Crippen LogP contribution in [0.25, 0.3) is 10.8 Å². The predicted octanol–water partition coefficient (Wildman–Crippen LogP) is 4.87. The Hall–Kier alpha value is -2.94. The van der Waals surface area contributed by atoms with E-state index in [1.165, 1.54) is 6.08 Å². The highest BCUT2D eigenvalue weighted by Crippen LogP contribution is 2.57. The quantitative estimate of drug-likeness (QED) is 0.833. The summed E-state index contributed by atoms with van der Waals surface area (Å²) in [5.74, 6) is -0.766. The second kappa shape index (κ2) is 6.05. The van der Waals surface area contributed by atoms with Gasteiger partial charge in [-0.1, -0.05) is 56.0 Å². The largest absolute Gasteiger partial charge is 0.508 e. The van der Waals surface area contributed by atoms with Crippen molar-refractivity contribution in [2.24, 2.45) is 11.3 Å². The number of ketones is 2. The second-order valence-corrected chi connectivity index (χ2v) is 7.69. The van der Waals surface area contributed by atoms with E-state index in [0.29, 0.717) is 17.6 Å². The Morgan fingerprint density at radius 1 is 1.19 bits per heavy atom. The van der Waals surface area contributed by atoms with Crippen LogP contribution in [0.4, 0.5) is 0 Å². The summed E-state index contributed by atoms with van der Waals surface area (Å²) in [4.78, 5) is 26.1. The molecular formula is C24H22O3. The summed E-state index contributed by atoms with van der Waals surface area (Å²) >= 11 is 0. The Morgan fingerprint density at radius 3 is 2.67 bits per heavy atom. The van der Waals surface area contributed by atoms with Crippen LogP contribution >= 0.6 is 0 Å². The molecule has 0 saturated carbocycles. The van der Waals surface area contributed by atoms with Gasteiger partial charge in [0, 0.05) is 17.4 Å². The van der Waals surface area contributed by atoms with Gasteiger partial charge in [0.1, 0.15) is 5.75 Å². The van der Waals surface area contributed by atoms with Crippen molar-refractivity contribution in [2.45, 2.75) is 26.2 Å². The van der Waals surface area contributed by atoms with Crippen molar-refractivity contribution in [1.29, 1.82) is 0 Å². The number of phenolic OH excluding ortho intramolecular Hbond substituents is 1. The Bertz CT molecular complexity index is 1060. The molecule has 0 unspecified atom stereocenters. The lowest BCUT2D eigenvalue weighted by atomic mass is 9.53. The molecule has 27 heavy (non-hydrogen) atoms. The molecule has 0 heterocycles. The highest BCUT2D eigenvalue weighted by atomic mass is 16.3. The Kier molecular flexibility index (Phi) is 3.92. The summed E-state index contributed by atoms with van der Waals surface area (Å²) in [6.07, 6.45) is 5.72. The van der Waals surface area contributed by atoms with Crippen molar-refractivity contribution in [3.05, 3.63) is 77.9 Å². The molecule has 3 nitrogen and oxygen atoms in total. The maximum absolute atomic E-state index is 13.2. The fourth-order valence-electron chi connectivity index (χ4n) is 4.81. The number of aromatic hydroxyl groups is 1. The second-order valence-electron chi connectivity index (χ2n) is 7.69. The van der Waals surface area contributed by atoms with Crippen LogP contribution in [-0.2, 0) is 9.59 Å². The maximum atomic E-state index is 13.2. The van der Waals surface area contributed by atoms with Gasteiger partial charge in [0.2, 0.25) is 0 Å². The first-order chi connectivity index (χ1) is 12.9. The van der Waals surface area contributed by atoms with Crippen LogP contribution in [0.3, 0.4) is 0 Å². The number of rotatable bonds is 2. The van der Waals surface area contributed by atoms with E-state index >= 15 is 0 Å². The SMILES string of the molecule is C=CC1=CC[C@H]2C(=O)C(C)=CC(=O)[C@@]2(C)[C@H]1c1c(O)ccc2ccccc12. The number of hydrogen-bond donors (Lipinski definition) is 1. The lowest BCUT2D eigenvalue weighted by Gasteiger charge is -2.47. The number of carbonyl (C=O) groups excluding carboxylic acids is 2. The number of phenols is 1. The molecule has 0 radical (unpaired) electrons. The zero-order chi connectivity index (χ0) is 19.3. The van der Waals surface area contributed by atoms with Crippen LogP contribution in [-0.4, -0.2) is 16.7 Å². The summed E-state index contributed by atoms with van der Waals surface area (Å²) in [5, 5.41) is 12.7. The maximum Gasteiger partial charge on any atom is 0.163 e. The van der Waals surface area contributed by atoms with Gasteiger partial charge in [-0.3, -0.25) is 9.59 Å². The highest BCUT2D eigenvalue weighted by molar-refractivity contribution is 6.13. The molecular weight excluding hydrogens is 336 g/mol. The van der Waals surface area contributed by atoms with E-state index in [0.717, 1.165) is 16.3 Å². The van der Waals surface area contributed by atoms with Crippen molar-refractivity contribution >= 4 is 22.3 Å². The van der Waals surface area contributed by atoms with Crippen LogP contribution in [0.15, 0.2) is 72.4 Å². The number of allylic oxidation sites excluding steroid dienone is 5. The smallest absolute Gasteiger partial charge is 0.163 e. The van der Waals surface area contributed by atoms with Crippen molar-refractivity contribution in [3.63, 3.8) is 0 Å². The molecule has 0 saturated heterocycles. The third-order valence-corrected chi connectivity index (χ3v) is 6.30. The van der Waals surface area contributed by atoms with Gasteiger partial charge in [-0.2, -0.15) is 0 Å². The zero-order valence-electron chi connectivity index (χ0n) is 15.5. The molecule has 2 aromatic carbocycles. The normalized spacial score (nSPS) is 27.8. The standard InChI is InChI=1S/C24H22O3/c1-4-15-9-11-18-23(27)14(2)13-20(26)24(18,3)22(15)21-17-8-6-5-7-16(17)10-12-19(21)25/h4-10,12-13,18,22,25H,1,11H2,2-3H3/t18-,22+,24-/m0/s1. The molecule has 2 aromatic rings. The molecule has 2 aliphatic rings. The Morgan fingerprint density at radius 2 is 1.93 bits per heavy atom. The van der Waals surface area contributed by atoms with E-state index in [1.54, 1.807) is 19.1 Å². The van der Waals surface area contributed by atoms with E-state index in [4.69, 9.17) is 0 Å². The molecule has 0 aromatic heterocycles. The first kappa shape index (κ1) is 17.5. The topological polar surface area (TPSA) is 54.4 Å². The molecule has 2 aliphatic carbocycles. The Balaban J connectivity index is 2.06. The van der Waals surface area contributed by atoms with Crippen molar-refractivity contribution in [2.75, 3.05) is 0 Å². The molecule has 3 atom stereocenters. The first-order valence-electron chi connectivity index (χ1n) is 9.19. The summed E-state index contributed by atoms with van der Waals surface area (Å²) in [6, 6.07) is 11.3. The van der Waals surface area contributed by atoms with E-state index < -0.39 is 17.3 Å². The number of fused-ring (bicyclic) bond motifs is 2. The zero-order valence-corrected chi connectivity index (χ0v) is 15.5. The molecule has 4 rings (SSSR count). The summed E-state index contributed by atoms with van der Waals surface area (Å²) in [5.41, 5.74) is 1.14. The van der Waals surface area contributed by atoms with Gasteiger partial charge < -0.3 is 5.11 Å². The minimum atomic E-state index is -0.948. The van der Waals surface area contributed by atoms with Crippen molar-refractivity contribution in [1.82, 2.24) is 0 Å². The minimum absolute atomic E-state index is 0.0150. The summed E-state index contributed by atoms with van der Waals surface area (Å²) in [6.45, 7) is 7.51. The van der Waals surface area contributed by atoms with Crippen LogP contribution < -0.4 is 0 Å². The van der Waals surface area contributed by atoms with Gasteiger partial charge in [-0.05, 0) is 47.4 Å². The fourth-order valence-corrected chi connectivity index (χ4v) is 4.81. The third-order valence-electron chi connectivity index (χ3n) is 6.30. The van der Waals surface area contributed by atoms with E-state index in [9.17, 15) is 14.7 Å². The number of Topliss-reactive ketones (excluding diaryl/α,β-unsaturated/α-hetero) is 1. The van der Waals surface area contributed by atoms with Gasteiger partial charge in [0.15, 0.2) is 11.6 Å². The van der Waals surface area contributed by atoms with Gasteiger partial charge in [0.25, 0.3) is 0 Å². The lowest BCUT2D eigenvalue weighted by molar-refractivity contribution is -0.137. The van der Waals surface area contributed by atoms with Gasteiger partial charge >= 0.3 is 0 Å². The van der Waals surface area contributed by atoms with Gasteiger partial charge in [-0.15, -0.1) is 0 Å². The van der Waals surface area contributed by atoms with E-state index in [2.05, 4.69) is 6.58 Å². The first-order valence-corrected chi connectivity index (χ1v) is 9.19. The van der Waals surface area contributed by atoms with E-state index in [-0.39, 0.29) is 17.3 Å². The summed E-state index contributed by atoms with van der Waals surface area (Å²) < 4.78 is 0. The Labute approximate surface area is 158 Å². The third kappa shape index (κ3) is 2.34. The number of hydrogen-bond acceptors (Lipinski definition) is 3. The molecule has 3 heteroatoms. The average molecular weight is 358 g/mol. The number of benzene rings is 2. The molecule has 0 amide bonds. The monoisotopic (exact) mass is 358 g/mol. The van der Waals surface area contributed by atoms with Crippen LogP contribution in [0.1, 0.15) is 31.7 Å². The van der Waals surface area contributed by atoms with Crippen LogP contribution in [0, 0.1) is 11.3 Å². The molecule has 1 N–H and O–H groups in total. The van der Waals surface area contributed by atoms with E-state index in [1.807, 2.05) is 43.3 Å². The molecule has 0 spiro atoms. The highest BCUT2D eigenvalue weighted by Gasteiger charge is 2.55. The number of carbonyl (C=O) groups is 2. The molecule has 0 bridgehead atoms. The van der Waals surface area contributed by atoms with Crippen LogP contribution in [0.5, 0.6) is 5.75 Å². The van der Waals surface area contributed by atoms with Crippen molar-refractivity contribution < 1.29 is 14.7 Å². The lowest BCUT2D eigenvalue weighted by Crippen LogP contribution is -2.49. The van der Waals surface area contributed by atoms with Gasteiger partial charge in [-0.25, -0.2) is 0 Å². The summed E-state index contributed by atoms with van der Waals surface area (Å²) in [7, 11) is 0. The molecule has 0 aliphatic heterocycles. The predicted molar refractivity (Wildman–Crippen MR) is 107 cm³/mol. The fraction of sp³-hybridized carbons (Fsp3) is 0.250. The average Bonchev–Trinajstić information content (AvgIpc) is 2.66. The molecule has 136 valence electrons. The molecule has 0 fully saturated rings. The van der Waals surface area contributed by atoms with Crippen molar-refractivity contribution in [3.8, 4) is 5.75 Å². The minimum Gasteiger partial charge on any atom is -0.508 e.